The van der Waals surface area contributed by atoms with Crippen LogP contribution in [0.5, 0.6) is 0 Å². The molecule has 0 aromatic carbocycles. The van der Waals surface area contributed by atoms with Crippen LogP contribution in [0.4, 0.5) is 0 Å². The summed E-state index contributed by atoms with van der Waals surface area (Å²) in [6.45, 7) is 6.10. The summed E-state index contributed by atoms with van der Waals surface area (Å²) in [5.74, 6) is 0.322. The van der Waals surface area contributed by atoms with Gasteiger partial charge in [-0.3, -0.25) is 14.6 Å². The third-order valence-corrected chi connectivity index (χ3v) is 4.77. The second-order valence-corrected chi connectivity index (χ2v) is 7.00. The average molecular weight is 385 g/mol. The highest BCUT2D eigenvalue weighted by atomic mass is 16.3. The molecule has 28 heavy (non-hydrogen) atoms. The van der Waals surface area contributed by atoms with Gasteiger partial charge in [0, 0.05) is 32.3 Å². The van der Waals surface area contributed by atoms with E-state index in [1.165, 1.54) is 19.0 Å². The van der Waals surface area contributed by atoms with Crippen molar-refractivity contribution in [1.82, 2.24) is 25.1 Å². The number of hydrogen-bond donors (Lipinski definition) is 1. The number of furan rings is 1. The first-order valence-corrected chi connectivity index (χ1v) is 9.71. The Hall–Kier alpha value is -2.74. The number of nitrogens with one attached hydrogen (secondary N) is 1. The summed E-state index contributed by atoms with van der Waals surface area (Å²) >= 11 is 0. The zero-order valence-electron chi connectivity index (χ0n) is 16.3. The second-order valence-electron chi connectivity index (χ2n) is 7.00. The molecule has 2 aromatic rings. The topological polar surface area (TPSA) is 91.6 Å². The van der Waals surface area contributed by atoms with E-state index in [9.17, 15) is 9.59 Å². The van der Waals surface area contributed by atoms with E-state index in [0.29, 0.717) is 12.3 Å². The van der Waals surface area contributed by atoms with E-state index in [1.54, 1.807) is 29.5 Å². The molecule has 8 heteroatoms. The molecule has 2 aromatic heterocycles. The highest BCUT2D eigenvalue weighted by molar-refractivity contribution is 5.92. The van der Waals surface area contributed by atoms with Gasteiger partial charge in [-0.1, -0.05) is 0 Å². The number of carbonyl (C=O) groups excluding carboxylic acids is 2. The number of aryl methyl sites for hydroxylation is 1. The van der Waals surface area contributed by atoms with Gasteiger partial charge in [-0.2, -0.15) is 0 Å². The smallest absolute Gasteiger partial charge is 0.274 e. The SMILES string of the molecule is Cc1cnc(C(=O)N(CCC(=O)NCCN2CCCC2)Cc2ccco2)cn1. The van der Waals surface area contributed by atoms with Gasteiger partial charge in [-0.25, -0.2) is 4.98 Å². The highest BCUT2D eigenvalue weighted by Gasteiger charge is 2.20. The van der Waals surface area contributed by atoms with E-state index in [2.05, 4.69) is 20.2 Å². The van der Waals surface area contributed by atoms with Crippen LogP contribution >= 0.6 is 0 Å². The van der Waals surface area contributed by atoms with E-state index in [1.807, 2.05) is 6.92 Å². The minimum absolute atomic E-state index is 0.0635. The number of rotatable bonds is 9. The third kappa shape index (κ3) is 5.88. The van der Waals surface area contributed by atoms with Gasteiger partial charge in [0.15, 0.2) is 0 Å². The molecular weight excluding hydrogens is 358 g/mol. The Labute approximate surface area is 164 Å². The van der Waals surface area contributed by atoms with Crippen LogP contribution in [0.1, 0.15) is 41.2 Å². The molecule has 8 nitrogen and oxygen atoms in total. The van der Waals surface area contributed by atoms with Crippen molar-refractivity contribution < 1.29 is 14.0 Å². The average Bonchev–Trinajstić information content (AvgIpc) is 3.39. The van der Waals surface area contributed by atoms with Gasteiger partial charge in [0.05, 0.1) is 24.7 Å². The molecule has 0 unspecified atom stereocenters. The van der Waals surface area contributed by atoms with Crippen LogP contribution in [0.2, 0.25) is 0 Å². The second kappa shape index (κ2) is 9.98. The molecule has 1 aliphatic heterocycles. The maximum absolute atomic E-state index is 12.8. The third-order valence-electron chi connectivity index (χ3n) is 4.77. The molecule has 0 bridgehead atoms. The van der Waals surface area contributed by atoms with Crippen LogP contribution in [0, 0.1) is 6.92 Å². The van der Waals surface area contributed by atoms with Crippen LogP contribution in [0.3, 0.4) is 0 Å². The number of hydrogen-bond acceptors (Lipinski definition) is 6. The predicted molar refractivity (Wildman–Crippen MR) is 104 cm³/mol. The number of likely N-dealkylation sites (tertiary alicyclic amines) is 1. The number of carbonyl (C=O) groups is 2. The standard InChI is InChI=1S/C20H27N5O3/c1-16-13-23-18(14-22-16)20(27)25(15-17-5-4-12-28-17)10-6-19(26)21-7-11-24-8-2-3-9-24/h4-5,12-14H,2-3,6-11,15H2,1H3,(H,21,26). The van der Waals surface area contributed by atoms with E-state index < -0.39 is 0 Å². The van der Waals surface area contributed by atoms with Crippen molar-refractivity contribution >= 4 is 11.8 Å². The molecule has 3 rings (SSSR count). The van der Waals surface area contributed by atoms with Crippen molar-refractivity contribution in [3.8, 4) is 0 Å². The zero-order valence-corrected chi connectivity index (χ0v) is 16.3. The van der Waals surface area contributed by atoms with Crippen LogP contribution in [0.15, 0.2) is 35.2 Å². The summed E-state index contributed by atoms with van der Waals surface area (Å²) < 4.78 is 5.36. The summed E-state index contributed by atoms with van der Waals surface area (Å²) in [6, 6.07) is 3.58. The maximum Gasteiger partial charge on any atom is 0.274 e. The van der Waals surface area contributed by atoms with E-state index >= 15 is 0 Å². The summed E-state index contributed by atoms with van der Waals surface area (Å²) in [5.41, 5.74) is 0.998. The van der Waals surface area contributed by atoms with Crippen LogP contribution in [-0.2, 0) is 11.3 Å². The number of nitrogens with zero attached hydrogens (tertiary/aromatic N) is 4. The normalized spacial score (nSPS) is 14.2. The lowest BCUT2D eigenvalue weighted by Gasteiger charge is -2.21. The number of amides is 2. The molecule has 1 saturated heterocycles. The van der Waals surface area contributed by atoms with E-state index in [-0.39, 0.29) is 37.0 Å². The molecule has 0 saturated carbocycles. The lowest BCUT2D eigenvalue weighted by atomic mass is 10.3. The Morgan fingerprint density at radius 1 is 1.25 bits per heavy atom. The molecule has 2 amide bonds. The lowest BCUT2D eigenvalue weighted by Crippen LogP contribution is -2.37. The summed E-state index contributed by atoms with van der Waals surface area (Å²) in [5, 5.41) is 2.94. The molecule has 1 fully saturated rings. The first-order chi connectivity index (χ1) is 13.6. The summed E-state index contributed by atoms with van der Waals surface area (Å²) in [6.07, 6.45) is 7.28. The molecule has 1 aliphatic rings. The van der Waals surface area contributed by atoms with Crippen LogP contribution in [0.25, 0.3) is 0 Å². The molecular formula is C20H27N5O3. The fourth-order valence-electron chi connectivity index (χ4n) is 3.19. The minimum Gasteiger partial charge on any atom is -0.467 e. The molecule has 0 aliphatic carbocycles. The molecule has 1 N–H and O–H groups in total. The molecule has 3 heterocycles. The van der Waals surface area contributed by atoms with E-state index in [0.717, 1.165) is 25.3 Å². The van der Waals surface area contributed by atoms with Crippen LogP contribution in [-0.4, -0.2) is 64.3 Å². The fraction of sp³-hybridized carbons (Fsp3) is 0.500. The Balaban J connectivity index is 1.53. The Kier molecular flexibility index (Phi) is 7.13. The quantitative estimate of drug-likeness (QED) is 0.705. The van der Waals surface area contributed by atoms with Gasteiger partial charge in [0.2, 0.25) is 5.91 Å². The molecule has 150 valence electrons. The van der Waals surface area contributed by atoms with E-state index in [4.69, 9.17) is 4.42 Å². The fourth-order valence-corrected chi connectivity index (χ4v) is 3.19. The first kappa shape index (κ1) is 20.0. The molecule has 0 spiro atoms. The van der Waals surface area contributed by atoms with Gasteiger partial charge in [-0.05, 0) is 45.0 Å². The van der Waals surface area contributed by atoms with Gasteiger partial charge in [-0.15, -0.1) is 0 Å². The first-order valence-electron chi connectivity index (χ1n) is 9.71. The van der Waals surface area contributed by atoms with Gasteiger partial charge < -0.3 is 19.5 Å². The van der Waals surface area contributed by atoms with Crippen molar-refractivity contribution in [2.75, 3.05) is 32.7 Å². The van der Waals surface area contributed by atoms with Gasteiger partial charge >= 0.3 is 0 Å². The zero-order chi connectivity index (χ0) is 19.8. The maximum atomic E-state index is 12.8. The van der Waals surface area contributed by atoms with Crippen molar-refractivity contribution in [2.45, 2.75) is 32.7 Å². The highest BCUT2D eigenvalue weighted by Crippen LogP contribution is 2.10. The van der Waals surface area contributed by atoms with Crippen molar-refractivity contribution in [3.05, 3.63) is 47.9 Å². The predicted octanol–water partition coefficient (Wildman–Crippen LogP) is 1.62. The van der Waals surface area contributed by atoms with Crippen molar-refractivity contribution in [2.24, 2.45) is 0 Å². The largest absolute Gasteiger partial charge is 0.467 e. The minimum atomic E-state index is -0.270. The Morgan fingerprint density at radius 3 is 2.75 bits per heavy atom. The Morgan fingerprint density at radius 2 is 2.07 bits per heavy atom. The van der Waals surface area contributed by atoms with Crippen molar-refractivity contribution in [3.63, 3.8) is 0 Å². The van der Waals surface area contributed by atoms with Crippen LogP contribution < -0.4 is 5.32 Å². The lowest BCUT2D eigenvalue weighted by molar-refractivity contribution is -0.121. The summed E-state index contributed by atoms with van der Waals surface area (Å²) in [4.78, 5) is 37.2. The monoisotopic (exact) mass is 385 g/mol. The van der Waals surface area contributed by atoms with Gasteiger partial charge in [0.1, 0.15) is 11.5 Å². The van der Waals surface area contributed by atoms with Gasteiger partial charge in [0.25, 0.3) is 5.91 Å². The Bertz CT molecular complexity index is 755. The summed E-state index contributed by atoms with van der Waals surface area (Å²) in [7, 11) is 0. The molecule has 0 atom stereocenters. The number of aromatic nitrogens is 2. The van der Waals surface area contributed by atoms with Crippen molar-refractivity contribution in [1.29, 1.82) is 0 Å². The molecule has 0 radical (unpaired) electrons.